The number of carbonyl (C=O) groups is 2. The number of esters is 1. The Morgan fingerprint density at radius 1 is 1.03 bits per heavy atom. The molecule has 7 nitrogen and oxygen atoms in total. The molecule has 1 aliphatic heterocycles. The quantitative estimate of drug-likeness (QED) is 0.665. The lowest BCUT2D eigenvalue weighted by Crippen LogP contribution is -2.35. The average Bonchev–Trinajstić information content (AvgIpc) is 2.75. The highest BCUT2D eigenvalue weighted by Crippen LogP contribution is 2.34. The zero-order valence-corrected chi connectivity index (χ0v) is 16.9. The fraction of sp³-hybridized carbons (Fsp3) is 0.364. The summed E-state index contributed by atoms with van der Waals surface area (Å²) in [5, 5.41) is 2.88. The van der Waals surface area contributed by atoms with E-state index in [9.17, 15) is 14.0 Å². The van der Waals surface area contributed by atoms with Gasteiger partial charge in [0.1, 0.15) is 24.8 Å². The summed E-state index contributed by atoms with van der Waals surface area (Å²) in [7, 11) is 0. The first kappa shape index (κ1) is 21.4. The summed E-state index contributed by atoms with van der Waals surface area (Å²) >= 11 is 0. The second-order valence-electron chi connectivity index (χ2n) is 7.10. The monoisotopic (exact) mass is 417 g/mol. The van der Waals surface area contributed by atoms with Crippen LogP contribution < -0.4 is 19.5 Å². The van der Waals surface area contributed by atoms with Crippen molar-refractivity contribution in [3.05, 3.63) is 53.8 Å². The summed E-state index contributed by atoms with van der Waals surface area (Å²) in [6.45, 7) is 4.13. The molecule has 0 fully saturated rings. The van der Waals surface area contributed by atoms with Crippen LogP contribution in [-0.4, -0.2) is 38.3 Å². The maximum Gasteiger partial charge on any atom is 0.344 e. The molecule has 0 saturated heterocycles. The van der Waals surface area contributed by atoms with Gasteiger partial charge in [0.05, 0.1) is 6.04 Å². The van der Waals surface area contributed by atoms with Gasteiger partial charge in [0.25, 0.3) is 5.91 Å². The third-order valence-electron chi connectivity index (χ3n) is 4.44. The first-order chi connectivity index (χ1) is 14.4. The molecule has 1 aliphatic rings. The van der Waals surface area contributed by atoms with Gasteiger partial charge in [-0.2, -0.15) is 0 Å². The van der Waals surface area contributed by atoms with Crippen LogP contribution in [0.3, 0.4) is 0 Å². The maximum absolute atomic E-state index is 12.9. The Balaban J connectivity index is 1.50. The van der Waals surface area contributed by atoms with Crippen molar-refractivity contribution >= 4 is 11.9 Å². The molecule has 0 radical (unpaired) electrons. The van der Waals surface area contributed by atoms with Gasteiger partial charge in [-0.05, 0) is 47.9 Å². The molecule has 1 amide bonds. The molecular weight excluding hydrogens is 393 g/mol. The highest BCUT2D eigenvalue weighted by atomic mass is 19.1. The van der Waals surface area contributed by atoms with Crippen LogP contribution in [0, 0.1) is 11.7 Å². The highest BCUT2D eigenvalue weighted by Gasteiger charge is 2.22. The minimum absolute atomic E-state index is 0.0917. The number of hydrogen-bond acceptors (Lipinski definition) is 6. The number of fused-ring (bicyclic) bond motifs is 1. The van der Waals surface area contributed by atoms with E-state index in [1.165, 1.54) is 24.3 Å². The molecule has 2 aromatic carbocycles. The Morgan fingerprint density at radius 3 is 2.43 bits per heavy atom. The van der Waals surface area contributed by atoms with Gasteiger partial charge in [0.2, 0.25) is 0 Å². The second kappa shape index (κ2) is 9.96. The summed E-state index contributed by atoms with van der Waals surface area (Å²) in [6.07, 6.45) is 0. The van der Waals surface area contributed by atoms with Crippen LogP contribution in [0.4, 0.5) is 4.39 Å². The van der Waals surface area contributed by atoms with Crippen LogP contribution in [0.5, 0.6) is 17.2 Å². The summed E-state index contributed by atoms with van der Waals surface area (Å²) in [6, 6.07) is 10.5. The van der Waals surface area contributed by atoms with Crippen molar-refractivity contribution in [3.63, 3.8) is 0 Å². The van der Waals surface area contributed by atoms with Crippen molar-refractivity contribution in [1.82, 2.24) is 5.32 Å². The van der Waals surface area contributed by atoms with E-state index in [2.05, 4.69) is 5.32 Å². The molecule has 1 N–H and O–H groups in total. The van der Waals surface area contributed by atoms with Gasteiger partial charge in [-0.1, -0.05) is 19.9 Å². The predicted molar refractivity (Wildman–Crippen MR) is 106 cm³/mol. The topological polar surface area (TPSA) is 83.1 Å². The van der Waals surface area contributed by atoms with Crippen LogP contribution in [0.1, 0.15) is 25.5 Å². The molecule has 2 aromatic rings. The van der Waals surface area contributed by atoms with Crippen molar-refractivity contribution in [2.45, 2.75) is 19.9 Å². The number of ether oxygens (including phenoxy) is 4. The van der Waals surface area contributed by atoms with Gasteiger partial charge in [-0.3, -0.25) is 4.79 Å². The average molecular weight is 417 g/mol. The molecular formula is C22H24FNO6. The van der Waals surface area contributed by atoms with E-state index in [-0.39, 0.29) is 18.6 Å². The van der Waals surface area contributed by atoms with Gasteiger partial charge >= 0.3 is 5.97 Å². The molecule has 1 atom stereocenters. The summed E-state index contributed by atoms with van der Waals surface area (Å²) < 4.78 is 34.1. The molecule has 0 saturated carbocycles. The third-order valence-corrected chi connectivity index (χ3v) is 4.44. The van der Waals surface area contributed by atoms with Gasteiger partial charge in [0.15, 0.2) is 24.7 Å². The molecule has 160 valence electrons. The standard InChI is InChI=1S/C22H24FNO6/c1-14(2)22(15-3-8-18-19(11-15)28-10-9-27-18)24-20(25)12-30-21(26)13-29-17-6-4-16(23)5-7-17/h3-8,11,14,22H,9-10,12-13H2,1-2H3,(H,24,25)/t22-/m1/s1. The first-order valence-corrected chi connectivity index (χ1v) is 9.65. The SMILES string of the molecule is CC(C)[C@@H](NC(=O)COC(=O)COc1ccc(F)cc1)c1ccc2c(c1)OCCO2. The van der Waals surface area contributed by atoms with Crippen molar-refractivity contribution in [2.75, 3.05) is 26.4 Å². The number of nitrogens with one attached hydrogen (secondary N) is 1. The zero-order chi connectivity index (χ0) is 21.5. The molecule has 0 bridgehead atoms. The van der Waals surface area contributed by atoms with Crippen LogP contribution >= 0.6 is 0 Å². The van der Waals surface area contributed by atoms with Crippen molar-refractivity contribution in [2.24, 2.45) is 5.92 Å². The molecule has 0 unspecified atom stereocenters. The van der Waals surface area contributed by atoms with Gasteiger partial charge in [-0.15, -0.1) is 0 Å². The Morgan fingerprint density at radius 2 is 1.73 bits per heavy atom. The summed E-state index contributed by atoms with van der Waals surface area (Å²) in [4.78, 5) is 24.1. The molecule has 30 heavy (non-hydrogen) atoms. The minimum Gasteiger partial charge on any atom is -0.486 e. The van der Waals surface area contributed by atoms with E-state index in [1.54, 1.807) is 0 Å². The number of halogens is 1. The fourth-order valence-corrected chi connectivity index (χ4v) is 2.96. The van der Waals surface area contributed by atoms with Gasteiger partial charge in [0, 0.05) is 0 Å². The lowest BCUT2D eigenvalue weighted by molar-refractivity contribution is -0.150. The second-order valence-corrected chi connectivity index (χ2v) is 7.10. The minimum atomic E-state index is -0.699. The largest absolute Gasteiger partial charge is 0.486 e. The number of rotatable bonds is 8. The number of amides is 1. The van der Waals surface area contributed by atoms with Crippen LogP contribution in [0.15, 0.2) is 42.5 Å². The molecule has 0 spiro atoms. The third kappa shape index (κ3) is 5.85. The van der Waals surface area contributed by atoms with Crippen molar-refractivity contribution in [1.29, 1.82) is 0 Å². The Bertz CT molecular complexity index is 884. The molecule has 8 heteroatoms. The molecule has 1 heterocycles. The highest BCUT2D eigenvalue weighted by molar-refractivity contribution is 5.81. The van der Waals surface area contributed by atoms with E-state index < -0.39 is 24.3 Å². The van der Waals surface area contributed by atoms with Gasteiger partial charge < -0.3 is 24.3 Å². The Labute approximate surface area is 174 Å². The van der Waals surface area contributed by atoms with E-state index in [0.717, 1.165) is 5.56 Å². The smallest absolute Gasteiger partial charge is 0.344 e. The normalized spacial score (nSPS) is 13.5. The Hall–Kier alpha value is -3.29. The fourth-order valence-electron chi connectivity index (χ4n) is 2.96. The Kier molecular flexibility index (Phi) is 7.11. The van der Waals surface area contributed by atoms with Crippen LogP contribution in [0.2, 0.25) is 0 Å². The molecule has 3 rings (SSSR count). The molecule has 0 aliphatic carbocycles. The number of hydrogen-bond donors (Lipinski definition) is 1. The van der Waals surface area contributed by atoms with Crippen LogP contribution in [0.25, 0.3) is 0 Å². The van der Waals surface area contributed by atoms with E-state index in [0.29, 0.717) is 30.5 Å². The summed E-state index contributed by atoms with van der Waals surface area (Å²) in [5.41, 5.74) is 0.869. The van der Waals surface area contributed by atoms with Gasteiger partial charge in [-0.25, -0.2) is 9.18 Å². The number of carbonyl (C=O) groups excluding carboxylic acids is 2. The zero-order valence-electron chi connectivity index (χ0n) is 16.9. The lowest BCUT2D eigenvalue weighted by Gasteiger charge is -2.25. The van der Waals surface area contributed by atoms with Crippen molar-refractivity contribution in [3.8, 4) is 17.2 Å². The van der Waals surface area contributed by atoms with E-state index >= 15 is 0 Å². The van der Waals surface area contributed by atoms with Crippen molar-refractivity contribution < 1.29 is 32.9 Å². The van der Waals surface area contributed by atoms with E-state index in [4.69, 9.17) is 18.9 Å². The predicted octanol–water partition coefficient (Wildman–Crippen LogP) is 3.03. The van der Waals surface area contributed by atoms with Crippen LogP contribution in [-0.2, 0) is 14.3 Å². The molecule has 0 aromatic heterocycles. The first-order valence-electron chi connectivity index (χ1n) is 9.65. The maximum atomic E-state index is 12.9. The summed E-state index contributed by atoms with van der Waals surface area (Å²) in [5.74, 6) is 0.204. The number of benzene rings is 2. The lowest BCUT2D eigenvalue weighted by atomic mass is 9.95. The van der Waals surface area contributed by atoms with E-state index in [1.807, 2.05) is 32.0 Å².